The van der Waals surface area contributed by atoms with Gasteiger partial charge in [-0.1, -0.05) is 37.0 Å². The zero-order chi connectivity index (χ0) is 21.4. The highest BCUT2D eigenvalue weighted by Crippen LogP contribution is 2.47. The van der Waals surface area contributed by atoms with Gasteiger partial charge in [-0.05, 0) is 75.5 Å². The fourth-order valence-corrected chi connectivity index (χ4v) is 4.20. The fourth-order valence-electron chi connectivity index (χ4n) is 4.20. The number of hydrogen-bond acceptors (Lipinski definition) is 4. The Morgan fingerprint density at radius 3 is 2.72 bits per heavy atom. The Morgan fingerprint density at radius 2 is 2.07 bits per heavy atom. The lowest BCUT2D eigenvalue weighted by Crippen LogP contribution is -2.20. The molecule has 0 bridgehead atoms. The molecule has 0 fully saturated rings. The standard InChI is InChI=1S/C25H36O4/c1-6-7-8-9-19-14-22(26)25(23(15-19)29-16-24(27)28-5)21-13-18(4)10-11-20(21)12-17(2)3/h10,14-15,20-21,26H,2,6-9,11-13,16H2,1,3-5H3/t20-,21+/m0/s1. The molecule has 4 nitrogen and oxygen atoms in total. The lowest BCUT2D eigenvalue weighted by Gasteiger charge is -2.33. The van der Waals surface area contributed by atoms with Crippen molar-refractivity contribution in [2.45, 2.75) is 71.6 Å². The summed E-state index contributed by atoms with van der Waals surface area (Å²) in [6.07, 6.45) is 9.26. The summed E-state index contributed by atoms with van der Waals surface area (Å²) in [4.78, 5) is 11.7. The maximum absolute atomic E-state index is 11.7. The number of aromatic hydroxyl groups is 1. The van der Waals surface area contributed by atoms with Gasteiger partial charge in [0.1, 0.15) is 11.5 Å². The quantitative estimate of drug-likeness (QED) is 0.294. The summed E-state index contributed by atoms with van der Waals surface area (Å²) in [5, 5.41) is 11.0. The van der Waals surface area contributed by atoms with Crippen molar-refractivity contribution in [3.63, 3.8) is 0 Å². The first-order chi connectivity index (χ1) is 13.8. The molecule has 0 saturated carbocycles. The van der Waals surface area contributed by atoms with E-state index in [-0.39, 0.29) is 18.3 Å². The van der Waals surface area contributed by atoms with E-state index in [2.05, 4.69) is 26.5 Å². The molecule has 1 aliphatic rings. The molecule has 2 atom stereocenters. The number of carbonyl (C=O) groups excluding carboxylic acids is 1. The summed E-state index contributed by atoms with van der Waals surface area (Å²) in [5.74, 6) is 0.936. The van der Waals surface area contributed by atoms with Crippen LogP contribution < -0.4 is 4.74 Å². The Morgan fingerprint density at radius 1 is 1.31 bits per heavy atom. The van der Waals surface area contributed by atoms with Gasteiger partial charge in [0.15, 0.2) is 6.61 Å². The Balaban J connectivity index is 2.41. The van der Waals surface area contributed by atoms with Crippen molar-refractivity contribution in [2.24, 2.45) is 5.92 Å². The van der Waals surface area contributed by atoms with Crippen LogP contribution in [0.3, 0.4) is 0 Å². The number of aryl methyl sites for hydroxylation is 1. The van der Waals surface area contributed by atoms with Gasteiger partial charge in [0.2, 0.25) is 0 Å². The highest BCUT2D eigenvalue weighted by atomic mass is 16.6. The number of hydrogen-bond donors (Lipinski definition) is 1. The maximum atomic E-state index is 11.7. The summed E-state index contributed by atoms with van der Waals surface area (Å²) in [6, 6.07) is 3.88. The van der Waals surface area contributed by atoms with Crippen LogP contribution in [0.5, 0.6) is 11.5 Å². The van der Waals surface area contributed by atoms with Crippen LogP contribution in [-0.2, 0) is 16.0 Å². The number of esters is 1. The van der Waals surface area contributed by atoms with Gasteiger partial charge in [-0.2, -0.15) is 0 Å². The maximum Gasteiger partial charge on any atom is 0.343 e. The molecule has 0 radical (unpaired) electrons. The van der Waals surface area contributed by atoms with Crippen LogP contribution in [0.15, 0.2) is 35.9 Å². The monoisotopic (exact) mass is 400 g/mol. The van der Waals surface area contributed by atoms with Crippen LogP contribution in [-0.4, -0.2) is 24.8 Å². The zero-order valence-electron chi connectivity index (χ0n) is 18.4. The van der Waals surface area contributed by atoms with Gasteiger partial charge in [0.05, 0.1) is 7.11 Å². The summed E-state index contributed by atoms with van der Waals surface area (Å²) < 4.78 is 10.6. The van der Waals surface area contributed by atoms with E-state index in [1.54, 1.807) is 0 Å². The van der Waals surface area contributed by atoms with Crippen molar-refractivity contribution in [3.8, 4) is 11.5 Å². The van der Waals surface area contributed by atoms with Gasteiger partial charge < -0.3 is 14.6 Å². The van der Waals surface area contributed by atoms with Crippen molar-refractivity contribution in [2.75, 3.05) is 13.7 Å². The van der Waals surface area contributed by atoms with E-state index < -0.39 is 5.97 Å². The second-order valence-corrected chi connectivity index (χ2v) is 8.37. The molecule has 0 spiro atoms. The molecule has 160 valence electrons. The summed E-state index contributed by atoms with van der Waals surface area (Å²) in [5.41, 5.74) is 4.31. The van der Waals surface area contributed by atoms with Gasteiger partial charge in [-0.25, -0.2) is 4.79 Å². The van der Waals surface area contributed by atoms with Crippen molar-refractivity contribution in [3.05, 3.63) is 47.1 Å². The van der Waals surface area contributed by atoms with E-state index in [0.29, 0.717) is 11.7 Å². The third kappa shape index (κ3) is 6.66. The number of benzene rings is 1. The molecule has 0 aromatic heterocycles. The SMILES string of the molecule is C=C(C)C[C@@H]1CC=C(C)C[C@H]1c1c(O)cc(CCCCC)cc1OCC(=O)OC. The van der Waals surface area contributed by atoms with Crippen LogP contribution in [0.4, 0.5) is 0 Å². The predicted molar refractivity (Wildman–Crippen MR) is 117 cm³/mol. The van der Waals surface area contributed by atoms with Gasteiger partial charge in [-0.3, -0.25) is 0 Å². The molecular weight excluding hydrogens is 364 g/mol. The molecule has 1 aromatic rings. The zero-order valence-corrected chi connectivity index (χ0v) is 18.4. The number of ether oxygens (including phenoxy) is 2. The van der Waals surface area contributed by atoms with Crippen LogP contribution in [0.2, 0.25) is 0 Å². The summed E-state index contributed by atoms with van der Waals surface area (Å²) in [6.45, 7) is 10.3. The van der Waals surface area contributed by atoms with Crippen molar-refractivity contribution in [1.29, 1.82) is 0 Å². The third-order valence-corrected chi connectivity index (χ3v) is 5.68. The lowest BCUT2D eigenvalue weighted by atomic mass is 9.73. The summed E-state index contributed by atoms with van der Waals surface area (Å²) in [7, 11) is 1.35. The Labute approximate surface area is 175 Å². The number of methoxy groups -OCH3 is 1. The summed E-state index contributed by atoms with van der Waals surface area (Å²) >= 11 is 0. The molecule has 0 unspecified atom stereocenters. The Kier molecular flexibility index (Phi) is 8.81. The molecule has 0 aliphatic heterocycles. The molecule has 29 heavy (non-hydrogen) atoms. The average molecular weight is 401 g/mol. The minimum atomic E-state index is -0.426. The second-order valence-electron chi connectivity index (χ2n) is 8.37. The van der Waals surface area contributed by atoms with E-state index in [1.807, 2.05) is 19.1 Å². The highest BCUT2D eigenvalue weighted by molar-refractivity contribution is 5.71. The molecule has 0 heterocycles. The smallest absolute Gasteiger partial charge is 0.343 e. The van der Waals surface area contributed by atoms with Gasteiger partial charge in [0.25, 0.3) is 0 Å². The molecule has 2 rings (SSSR count). The van der Waals surface area contributed by atoms with Gasteiger partial charge >= 0.3 is 5.97 Å². The van der Waals surface area contributed by atoms with Gasteiger partial charge in [-0.15, -0.1) is 6.58 Å². The second kappa shape index (κ2) is 11.1. The van der Waals surface area contributed by atoms with Crippen LogP contribution in [0, 0.1) is 5.92 Å². The largest absolute Gasteiger partial charge is 0.508 e. The van der Waals surface area contributed by atoms with Crippen molar-refractivity contribution < 1.29 is 19.4 Å². The molecule has 0 saturated heterocycles. The number of phenols is 1. The minimum Gasteiger partial charge on any atom is -0.508 e. The van der Waals surface area contributed by atoms with E-state index in [1.165, 1.54) is 12.7 Å². The number of rotatable bonds is 10. The first-order valence-electron chi connectivity index (χ1n) is 10.7. The molecule has 0 amide bonds. The van der Waals surface area contributed by atoms with E-state index in [4.69, 9.17) is 9.47 Å². The fraction of sp³-hybridized carbons (Fsp3) is 0.560. The van der Waals surface area contributed by atoms with Gasteiger partial charge in [0, 0.05) is 5.56 Å². The van der Waals surface area contributed by atoms with E-state index >= 15 is 0 Å². The molecule has 1 aromatic carbocycles. The van der Waals surface area contributed by atoms with E-state index in [9.17, 15) is 9.90 Å². The lowest BCUT2D eigenvalue weighted by molar-refractivity contribution is -0.142. The highest BCUT2D eigenvalue weighted by Gasteiger charge is 2.31. The van der Waals surface area contributed by atoms with Crippen molar-refractivity contribution in [1.82, 2.24) is 0 Å². The average Bonchev–Trinajstić information content (AvgIpc) is 2.67. The first kappa shape index (κ1) is 23.1. The Bertz CT molecular complexity index is 747. The third-order valence-electron chi connectivity index (χ3n) is 5.68. The van der Waals surface area contributed by atoms with Crippen molar-refractivity contribution >= 4 is 5.97 Å². The van der Waals surface area contributed by atoms with Crippen LogP contribution in [0.1, 0.15) is 76.3 Å². The normalized spacial score (nSPS) is 18.8. The number of unbranched alkanes of at least 4 members (excludes halogenated alkanes) is 2. The molecule has 1 N–H and O–H groups in total. The minimum absolute atomic E-state index is 0.133. The molecule has 4 heteroatoms. The number of phenolic OH excluding ortho intramolecular Hbond substituents is 1. The molecular formula is C25H36O4. The Hall–Kier alpha value is -2.23. The first-order valence-corrected chi connectivity index (χ1v) is 10.7. The predicted octanol–water partition coefficient (Wildman–Crippen LogP) is 6.08. The number of carbonyl (C=O) groups is 1. The molecule has 1 aliphatic carbocycles. The van der Waals surface area contributed by atoms with Crippen LogP contribution >= 0.6 is 0 Å². The topological polar surface area (TPSA) is 55.8 Å². The number of allylic oxidation sites excluding steroid dienone is 3. The van der Waals surface area contributed by atoms with E-state index in [0.717, 1.165) is 61.6 Å². The van der Waals surface area contributed by atoms with Crippen LogP contribution in [0.25, 0.3) is 0 Å².